The minimum absolute atomic E-state index is 0.171. The van der Waals surface area contributed by atoms with Gasteiger partial charge in [-0.1, -0.05) is 56.1 Å². The smallest absolute Gasteiger partial charge is 0.262 e. The first-order valence-corrected chi connectivity index (χ1v) is 11.6. The maximum absolute atomic E-state index is 12.4. The minimum Gasteiger partial charge on any atom is -0.482 e. The van der Waals surface area contributed by atoms with Crippen molar-refractivity contribution in [3.05, 3.63) is 90.8 Å². The third-order valence-corrected chi connectivity index (χ3v) is 5.84. The Bertz CT molecular complexity index is 1180. The summed E-state index contributed by atoms with van der Waals surface area (Å²) in [4.78, 5) is 12.4. The molecule has 3 aromatic rings. The van der Waals surface area contributed by atoms with E-state index in [4.69, 9.17) is 4.74 Å². The Hall–Kier alpha value is -2.40. The lowest BCUT2D eigenvalue weighted by Crippen LogP contribution is -2.20. The van der Waals surface area contributed by atoms with Gasteiger partial charge in [-0.2, -0.15) is 5.26 Å². The van der Waals surface area contributed by atoms with Crippen LogP contribution in [-0.2, 0) is 4.79 Å². The van der Waals surface area contributed by atoms with Crippen molar-refractivity contribution in [2.75, 3.05) is 11.9 Å². The largest absolute Gasteiger partial charge is 0.482 e. The van der Waals surface area contributed by atoms with Crippen LogP contribution in [0.5, 0.6) is 5.75 Å². The highest BCUT2D eigenvalue weighted by molar-refractivity contribution is 9.11. The maximum atomic E-state index is 12.4. The van der Waals surface area contributed by atoms with E-state index in [0.717, 1.165) is 20.1 Å². The quantitative estimate of drug-likeness (QED) is 0.236. The van der Waals surface area contributed by atoms with E-state index < -0.39 is 0 Å². The van der Waals surface area contributed by atoms with Crippen molar-refractivity contribution in [1.29, 1.82) is 5.26 Å². The number of nitriles is 1. The molecule has 1 N–H and O–H groups in total. The van der Waals surface area contributed by atoms with Crippen LogP contribution in [0.15, 0.2) is 74.1 Å². The predicted octanol–water partition coefficient (Wildman–Crippen LogP) is 7.36. The number of ether oxygens (including phenoxy) is 1. The molecule has 0 saturated heterocycles. The van der Waals surface area contributed by atoms with E-state index in [0.29, 0.717) is 27.0 Å². The van der Waals surface area contributed by atoms with Crippen LogP contribution >= 0.6 is 47.8 Å². The number of amides is 1. The molecule has 156 valence electrons. The van der Waals surface area contributed by atoms with E-state index in [1.165, 1.54) is 0 Å². The van der Waals surface area contributed by atoms with Crippen molar-refractivity contribution in [1.82, 2.24) is 0 Å². The lowest BCUT2D eigenvalue weighted by Gasteiger charge is -2.13. The molecule has 0 unspecified atom stereocenters. The maximum Gasteiger partial charge on any atom is 0.262 e. The van der Waals surface area contributed by atoms with Gasteiger partial charge in [0.15, 0.2) is 6.61 Å². The molecule has 0 spiro atoms. The van der Waals surface area contributed by atoms with Crippen LogP contribution in [-0.4, -0.2) is 12.5 Å². The molecule has 0 aliphatic carbocycles. The van der Waals surface area contributed by atoms with Crippen LogP contribution in [0.25, 0.3) is 11.6 Å². The van der Waals surface area contributed by atoms with Crippen molar-refractivity contribution in [2.45, 2.75) is 6.92 Å². The van der Waals surface area contributed by atoms with Gasteiger partial charge in [0, 0.05) is 20.2 Å². The van der Waals surface area contributed by atoms with E-state index >= 15 is 0 Å². The highest BCUT2D eigenvalue weighted by Gasteiger charge is 2.13. The van der Waals surface area contributed by atoms with Crippen molar-refractivity contribution in [2.24, 2.45) is 0 Å². The number of anilines is 1. The highest BCUT2D eigenvalue weighted by Crippen LogP contribution is 2.35. The summed E-state index contributed by atoms with van der Waals surface area (Å²) < 4.78 is 8.27. The number of rotatable bonds is 6. The molecule has 0 aromatic heterocycles. The Morgan fingerprint density at radius 1 is 1.06 bits per heavy atom. The third kappa shape index (κ3) is 6.54. The molecule has 0 atom stereocenters. The molecular formula is C24H17Br3N2O2. The molecule has 0 bridgehead atoms. The third-order valence-electron chi connectivity index (χ3n) is 4.26. The first-order chi connectivity index (χ1) is 14.9. The summed E-state index contributed by atoms with van der Waals surface area (Å²) in [6, 6.07) is 20.9. The molecule has 0 heterocycles. The second-order valence-electron chi connectivity index (χ2n) is 6.69. The molecule has 31 heavy (non-hydrogen) atoms. The zero-order valence-electron chi connectivity index (χ0n) is 16.5. The van der Waals surface area contributed by atoms with Crippen molar-refractivity contribution in [3.8, 4) is 11.8 Å². The number of nitrogens with one attached hydrogen (secondary N) is 1. The van der Waals surface area contributed by atoms with Gasteiger partial charge < -0.3 is 10.1 Å². The Kier molecular flexibility index (Phi) is 8.08. The minimum atomic E-state index is -0.274. The molecule has 0 saturated carbocycles. The van der Waals surface area contributed by atoms with Gasteiger partial charge in [0.2, 0.25) is 0 Å². The summed E-state index contributed by atoms with van der Waals surface area (Å²) in [5.74, 6) is 0.205. The monoisotopic (exact) mass is 602 g/mol. The molecule has 4 nitrogen and oxygen atoms in total. The molecule has 3 rings (SSSR count). The molecule has 0 aliphatic heterocycles. The van der Waals surface area contributed by atoms with Gasteiger partial charge >= 0.3 is 0 Å². The number of carbonyl (C=O) groups is 1. The van der Waals surface area contributed by atoms with Gasteiger partial charge in [-0.3, -0.25) is 4.79 Å². The second kappa shape index (κ2) is 10.8. The summed E-state index contributed by atoms with van der Waals surface area (Å²) in [6.07, 6.45) is 1.74. The molecule has 0 aliphatic rings. The standard InChI is InChI=1S/C24H17Br3N2O2/c1-15-3-2-4-21(9-15)29-23(30)14-31-24-17(11-20(26)12-22(24)27)10-18(13-28)16-5-7-19(25)8-6-16/h2-12H,14H2,1H3,(H,29,30)/b18-10+. The number of carbonyl (C=O) groups excluding carboxylic acids is 1. The highest BCUT2D eigenvalue weighted by atomic mass is 79.9. The number of nitrogens with zero attached hydrogens (tertiary/aromatic N) is 1. The summed E-state index contributed by atoms with van der Waals surface area (Å²) in [5.41, 5.74) is 3.70. The van der Waals surface area contributed by atoms with Crippen LogP contribution in [0.4, 0.5) is 5.69 Å². The summed E-state index contributed by atoms with van der Waals surface area (Å²) in [7, 11) is 0. The van der Waals surface area contributed by atoms with Crippen molar-refractivity contribution in [3.63, 3.8) is 0 Å². The molecule has 0 fully saturated rings. The van der Waals surface area contributed by atoms with E-state index in [2.05, 4.69) is 59.2 Å². The van der Waals surface area contributed by atoms with E-state index in [-0.39, 0.29) is 12.5 Å². The second-order valence-corrected chi connectivity index (χ2v) is 9.37. The van der Waals surface area contributed by atoms with E-state index in [9.17, 15) is 10.1 Å². The molecular weight excluding hydrogens is 588 g/mol. The summed E-state index contributed by atoms with van der Waals surface area (Å²) in [6.45, 7) is 1.79. The van der Waals surface area contributed by atoms with Crippen molar-refractivity contribution < 1.29 is 9.53 Å². The molecule has 3 aromatic carbocycles. The van der Waals surface area contributed by atoms with Gasteiger partial charge in [-0.15, -0.1) is 0 Å². The predicted molar refractivity (Wildman–Crippen MR) is 135 cm³/mol. The zero-order chi connectivity index (χ0) is 22.4. The van der Waals surface area contributed by atoms with E-state index in [1.54, 1.807) is 6.08 Å². The normalized spacial score (nSPS) is 11.0. The number of benzene rings is 3. The average molecular weight is 605 g/mol. The SMILES string of the molecule is Cc1cccc(NC(=O)COc2c(Br)cc(Br)cc2/C=C(\C#N)c2ccc(Br)cc2)c1. The van der Waals surface area contributed by atoms with Gasteiger partial charge in [0.25, 0.3) is 5.91 Å². The summed E-state index contributed by atoms with van der Waals surface area (Å²) in [5, 5.41) is 12.5. The lowest BCUT2D eigenvalue weighted by atomic mass is 10.0. The van der Waals surface area contributed by atoms with Gasteiger partial charge in [0.1, 0.15) is 5.75 Å². The van der Waals surface area contributed by atoms with Crippen LogP contribution in [0.1, 0.15) is 16.7 Å². The number of halogens is 3. The first-order valence-electron chi connectivity index (χ1n) is 9.22. The van der Waals surface area contributed by atoms with Gasteiger partial charge in [-0.05, 0) is 76.5 Å². The first kappa shape index (κ1) is 23.3. The van der Waals surface area contributed by atoms with Gasteiger partial charge in [0.05, 0.1) is 16.1 Å². The van der Waals surface area contributed by atoms with Crippen LogP contribution < -0.4 is 10.1 Å². The zero-order valence-corrected chi connectivity index (χ0v) is 21.2. The fourth-order valence-corrected chi connectivity index (χ4v) is 4.50. The fourth-order valence-electron chi connectivity index (χ4n) is 2.86. The Morgan fingerprint density at radius 2 is 1.81 bits per heavy atom. The van der Waals surface area contributed by atoms with E-state index in [1.807, 2.05) is 67.6 Å². The van der Waals surface area contributed by atoms with Crippen LogP contribution in [0, 0.1) is 18.3 Å². The molecule has 0 radical (unpaired) electrons. The van der Waals surface area contributed by atoms with Gasteiger partial charge in [-0.25, -0.2) is 0 Å². The fraction of sp³-hybridized carbons (Fsp3) is 0.0833. The Labute approximate surface area is 206 Å². The number of hydrogen-bond donors (Lipinski definition) is 1. The van der Waals surface area contributed by atoms with Crippen LogP contribution in [0.3, 0.4) is 0 Å². The van der Waals surface area contributed by atoms with Crippen LogP contribution in [0.2, 0.25) is 0 Å². The number of hydrogen-bond acceptors (Lipinski definition) is 3. The molecule has 7 heteroatoms. The average Bonchev–Trinajstić information content (AvgIpc) is 2.72. The topological polar surface area (TPSA) is 62.1 Å². The lowest BCUT2D eigenvalue weighted by molar-refractivity contribution is -0.118. The Morgan fingerprint density at radius 3 is 2.48 bits per heavy atom. The van der Waals surface area contributed by atoms with Crippen molar-refractivity contribution >= 4 is 71.0 Å². The number of aryl methyl sites for hydroxylation is 1. The number of allylic oxidation sites excluding steroid dienone is 1. The Balaban J connectivity index is 1.85. The summed E-state index contributed by atoms with van der Waals surface area (Å²) >= 11 is 10.4. The molecule has 1 amide bonds.